The molecule has 0 unspecified atom stereocenters. The average molecular weight is 354 g/mol. The summed E-state index contributed by atoms with van der Waals surface area (Å²) in [5.41, 5.74) is 3.94. The minimum atomic E-state index is 0.922. The highest BCUT2D eigenvalue weighted by Gasteiger charge is 1.97. The van der Waals surface area contributed by atoms with Gasteiger partial charge in [0.15, 0.2) is 0 Å². The predicted molar refractivity (Wildman–Crippen MR) is 115 cm³/mol. The normalized spacial score (nSPS) is 8.00. The van der Waals surface area contributed by atoms with Gasteiger partial charge in [0, 0.05) is 23.8 Å². The first kappa shape index (κ1) is 25.7. The number of hydrogen-bond acceptors (Lipinski definition) is 3. The van der Waals surface area contributed by atoms with Gasteiger partial charge >= 0.3 is 0 Å². The average Bonchev–Trinajstić information content (AvgIpc) is 2.74. The largest absolute Gasteiger partial charge is 0.262 e. The Morgan fingerprint density at radius 3 is 1.38 bits per heavy atom. The highest BCUT2D eigenvalue weighted by atomic mass is 14.8. The van der Waals surface area contributed by atoms with Crippen LogP contribution in [0.3, 0.4) is 0 Å². The van der Waals surface area contributed by atoms with Crippen molar-refractivity contribution in [3.8, 4) is 11.4 Å². The zero-order valence-electron chi connectivity index (χ0n) is 17.7. The van der Waals surface area contributed by atoms with E-state index in [1.165, 1.54) is 0 Å². The molecule has 3 aromatic rings. The highest BCUT2D eigenvalue weighted by molar-refractivity contribution is 5.53. The third-order valence-corrected chi connectivity index (χ3v) is 2.63. The van der Waals surface area contributed by atoms with Gasteiger partial charge in [-0.2, -0.15) is 0 Å². The molecule has 0 N–H and O–H groups in total. The van der Waals surface area contributed by atoms with Gasteiger partial charge in [0.05, 0.1) is 11.4 Å². The third kappa shape index (κ3) is 11.9. The maximum absolute atomic E-state index is 4.38. The molecule has 0 saturated carbocycles. The Kier molecular flexibility index (Phi) is 18.6. The highest BCUT2D eigenvalue weighted by Crippen LogP contribution is 2.12. The number of rotatable bonds is 1. The van der Waals surface area contributed by atoms with Crippen LogP contribution in [0.2, 0.25) is 0 Å². The van der Waals surface area contributed by atoms with E-state index in [-0.39, 0.29) is 0 Å². The van der Waals surface area contributed by atoms with E-state index in [2.05, 4.69) is 15.0 Å². The maximum atomic E-state index is 4.38. The van der Waals surface area contributed by atoms with Crippen LogP contribution in [0.15, 0.2) is 67.0 Å². The molecular formula is C23H35N3. The lowest BCUT2D eigenvalue weighted by molar-refractivity contribution is 1.18. The molecule has 0 atom stereocenters. The maximum Gasteiger partial charge on any atom is 0.0889 e. The van der Waals surface area contributed by atoms with E-state index in [9.17, 15) is 0 Å². The summed E-state index contributed by atoms with van der Waals surface area (Å²) in [6.45, 7) is 16.0. The van der Waals surface area contributed by atoms with Gasteiger partial charge in [-0.3, -0.25) is 15.0 Å². The van der Waals surface area contributed by atoms with Gasteiger partial charge in [-0.1, -0.05) is 59.7 Å². The van der Waals surface area contributed by atoms with E-state index in [1.54, 1.807) is 12.4 Å². The molecule has 0 saturated heterocycles. The second-order valence-corrected chi connectivity index (χ2v) is 4.35. The van der Waals surface area contributed by atoms with Crippen LogP contribution < -0.4 is 0 Å². The Hall–Kier alpha value is -2.55. The molecule has 0 bridgehead atoms. The Bertz CT molecular complexity index is 638. The molecule has 0 radical (unpaired) electrons. The van der Waals surface area contributed by atoms with Crippen molar-refractivity contribution in [2.45, 2.75) is 55.4 Å². The topological polar surface area (TPSA) is 38.7 Å². The Labute approximate surface area is 160 Å². The van der Waals surface area contributed by atoms with E-state index in [1.807, 2.05) is 110 Å². The van der Waals surface area contributed by atoms with Crippen molar-refractivity contribution < 1.29 is 0 Å². The second-order valence-electron chi connectivity index (χ2n) is 4.35. The quantitative estimate of drug-likeness (QED) is 0.476. The number of nitrogens with zero attached hydrogens (tertiary/aromatic N) is 3. The number of pyridine rings is 3. The smallest absolute Gasteiger partial charge is 0.0889 e. The van der Waals surface area contributed by atoms with Crippen LogP contribution in [-0.4, -0.2) is 15.0 Å². The first-order valence-electron chi connectivity index (χ1n) is 9.48. The van der Waals surface area contributed by atoms with Gasteiger partial charge < -0.3 is 0 Å². The summed E-state index contributed by atoms with van der Waals surface area (Å²) >= 11 is 0. The van der Waals surface area contributed by atoms with Crippen molar-refractivity contribution in [3.05, 3.63) is 78.4 Å². The van der Waals surface area contributed by atoms with E-state index in [0.29, 0.717) is 0 Å². The molecule has 142 valence electrons. The molecule has 0 aliphatic carbocycles. The van der Waals surface area contributed by atoms with Crippen molar-refractivity contribution in [1.29, 1.82) is 0 Å². The Morgan fingerprint density at radius 2 is 1.00 bits per heavy atom. The van der Waals surface area contributed by atoms with Crippen LogP contribution in [0.4, 0.5) is 0 Å². The van der Waals surface area contributed by atoms with E-state index < -0.39 is 0 Å². The van der Waals surface area contributed by atoms with Crippen LogP contribution in [0.5, 0.6) is 0 Å². The lowest BCUT2D eigenvalue weighted by atomic mass is 10.2. The Balaban J connectivity index is 0. The summed E-state index contributed by atoms with van der Waals surface area (Å²) in [7, 11) is 0. The molecule has 0 aromatic carbocycles. The lowest BCUT2D eigenvalue weighted by Gasteiger charge is -1.99. The minimum Gasteiger partial charge on any atom is -0.262 e. The summed E-state index contributed by atoms with van der Waals surface area (Å²) in [5, 5.41) is 0. The zero-order chi connectivity index (χ0) is 20.2. The van der Waals surface area contributed by atoms with E-state index >= 15 is 0 Å². The van der Waals surface area contributed by atoms with Crippen LogP contribution in [-0.2, 0) is 0 Å². The van der Waals surface area contributed by atoms with Crippen LogP contribution in [0.1, 0.15) is 52.9 Å². The lowest BCUT2D eigenvalue weighted by Crippen LogP contribution is -1.87. The molecule has 0 amide bonds. The summed E-state index contributed by atoms with van der Waals surface area (Å²) in [6, 6.07) is 17.6. The molecule has 3 nitrogen and oxygen atoms in total. The number of hydrogen-bond donors (Lipinski definition) is 0. The summed E-state index contributed by atoms with van der Waals surface area (Å²) in [5.74, 6) is 0. The second kappa shape index (κ2) is 18.8. The molecule has 0 fully saturated rings. The molecule has 3 heteroatoms. The van der Waals surface area contributed by atoms with Gasteiger partial charge in [0.2, 0.25) is 0 Å². The molecule has 26 heavy (non-hydrogen) atoms. The third-order valence-electron chi connectivity index (χ3n) is 2.63. The fourth-order valence-electron chi connectivity index (χ4n) is 1.65. The molecule has 0 aliphatic rings. The fourth-order valence-corrected chi connectivity index (χ4v) is 1.65. The molecule has 3 rings (SSSR count). The fraction of sp³-hybridized carbons (Fsp3) is 0.348. The number of aryl methyl sites for hydroxylation is 2. The van der Waals surface area contributed by atoms with Crippen molar-refractivity contribution in [3.63, 3.8) is 0 Å². The molecule has 3 heterocycles. The molecule has 0 spiro atoms. The molecular weight excluding hydrogens is 318 g/mol. The van der Waals surface area contributed by atoms with Crippen LogP contribution in [0, 0.1) is 13.8 Å². The van der Waals surface area contributed by atoms with Gasteiger partial charge in [-0.15, -0.1) is 0 Å². The number of aromatic nitrogens is 3. The van der Waals surface area contributed by atoms with E-state index in [4.69, 9.17) is 0 Å². The zero-order valence-corrected chi connectivity index (χ0v) is 17.7. The minimum absolute atomic E-state index is 0.922. The van der Waals surface area contributed by atoms with Crippen LogP contribution >= 0.6 is 0 Å². The van der Waals surface area contributed by atoms with Gasteiger partial charge in [0.25, 0.3) is 0 Å². The van der Waals surface area contributed by atoms with Crippen molar-refractivity contribution in [2.75, 3.05) is 0 Å². The SMILES string of the molecule is CC.CC.CC.Cc1cccc(-c2ccccn2)n1.Cc1ccccn1. The van der Waals surface area contributed by atoms with Crippen LogP contribution in [0.25, 0.3) is 11.4 Å². The Morgan fingerprint density at radius 1 is 0.500 bits per heavy atom. The summed E-state index contributed by atoms with van der Waals surface area (Å²) < 4.78 is 0. The first-order chi connectivity index (χ1) is 12.8. The predicted octanol–water partition coefficient (Wildman–Crippen LogP) is 6.92. The van der Waals surface area contributed by atoms with E-state index in [0.717, 1.165) is 22.8 Å². The standard InChI is InChI=1S/C11H10N2.C6H7N.3C2H6/c1-9-5-4-7-11(13-9)10-6-2-3-8-12-10;1-6-4-2-3-5-7-6;3*1-2/h2-8H,1H3;2-5H,1H3;3*1-2H3. The van der Waals surface area contributed by atoms with Gasteiger partial charge in [-0.25, -0.2) is 0 Å². The van der Waals surface area contributed by atoms with Crippen molar-refractivity contribution in [2.24, 2.45) is 0 Å². The van der Waals surface area contributed by atoms with Crippen molar-refractivity contribution in [1.82, 2.24) is 15.0 Å². The summed E-state index contributed by atoms with van der Waals surface area (Å²) in [4.78, 5) is 12.6. The molecule has 0 aliphatic heterocycles. The van der Waals surface area contributed by atoms with Gasteiger partial charge in [0.1, 0.15) is 0 Å². The molecule has 3 aromatic heterocycles. The van der Waals surface area contributed by atoms with Crippen molar-refractivity contribution >= 4 is 0 Å². The monoisotopic (exact) mass is 353 g/mol. The van der Waals surface area contributed by atoms with Gasteiger partial charge in [-0.05, 0) is 50.2 Å². The summed E-state index contributed by atoms with van der Waals surface area (Å²) in [6.07, 6.45) is 3.56. The first-order valence-corrected chi connectivity index (χ1v) is 9.48.